The first kappa shape index (κ1) is 13.0. The third-order valence-electron chi connectivity index (χ3n) is 2.24. The molecular formula is C11H10N6OS. The largest absolute Gasteiger partial charge is 0.316 e. The molecule has 0 spiro atoms. The molecule has 96 valence electrons. The number of azide groups is 1. The van der Waals surface area contributed by atoms with Crippen LogP contribution in [0.4, 0.5) is 5.00 Å². The van der Waals surface area contributed by atoms with Crippen molar-refractivity contribution in [2.75, 3.05) is 11.9 Å². The predicted octanol–water partition coefficient (Wildman–Crippen LogP) is 2.76. The van der Waals surface area contributed by atoms with Crippen LogP contribution in [-0.2, 0) is 4.79 Å². The molecule has 0 atom stereocenters. The number of hydrogen-bond donors (Lipinski definition) is 1. The molecular weight excluding hydrogens is 264 g/mol. The first-order valence-electron chi connectivity index (χ1n) is 5.39. The Balaban J connectivity index is 2.18. The Bertz CT molecular complexity index is 632. The van der Waals surface area contributed by atoms with Gasteiger partial charge in [0.25, 0.3) is 0 Å². The Hall–Kier alpha value is -2.44. The van der Waals surface area contributed by atoms with E-state index in [-0.39, 0.29) is 12.5 Å². The van der Waals surface area contributed by atoms with E-state index in [9.17, 15) is 4.79 Å². The predicted molar refractivity (Wildman–Crippen MR) is 72.7 cm³/mol. The number of anilines is 1. The molecule has 19 heavy (non-hydrogen) atoms. The normalized spacial score (nSPS) is 9.74. The van der Waals surface area contributed by atoms with Gasteiger partial charge in [-0.25, -0.2) is 4.98 Å². The Labute approximate surface area is 113 Å². The summed E-state index contributed by atoms with van der Waals surface area (Å²) in [6.45, 7) is 1.58. The van der Waals surface area contributed by atoms with Gasteiger partial charge in [-0.15, -0.1) is 0 Å². The molecule has 0 radical (unpaired) electrons. The van der Waals surface area contributed by atoms with Crippen molar-refractivity contribution in [2.45, 2.75) is 6.92 Å². The van der Waals surface area contributed by atoms with Gasteiger partial charge in [0, 0.05) is 22.9 Å². The summed E-state index contributed by atoms with van der Waals surface area (Å²) < 4.78 is 0. The Kier molecular flexibility index (Phi) is 4.07. The average molecular weight is 274 g/mol. The van der Waals surface area contributed by atoms with Crippen molar-refractivity contribution in [1.82, 2.24) is 9.97 Å². The van der Waals surface area contributed by atoms with Gasteiger partial charge in [-0.1, -0.05) is 16.5 Å². The number of carbonyl (C=O) groups excluding carboxylic acids is 1. The van der Waals surface area contributed by atoms with Crippen LogP contribution >= 0.6 is 11.3 Å². The number of aromatic nitrogens is 2. The molecule has 2 aromatic rings. The van der Waals surface area contributed by atoms with E-state index in [1.54, 1.807) is 19.3 Å². The number of rotatable bonds is 4. The fraction of sp³-hybridized carbons (Fsp3) is 0.182. The van der Waals surface area contributed by atoms with Gasteiger partial charge >= 0.3 is 0 Å². The fourth-order valence-corrected chi connectivity index (χ4v) is 2.36. The number of nitrogens with zero attached hydrogens (tertiary/aromatic N) is 5. The van der Waals surface area contributed by atoms with Crippen molar-refractivity contribution in [3.8, 4) is 10.6 Å². The summed E-state index contributed by atoms with van der Waals surface area (Å²) in [5.41, 5.74) is 9.77. The van der Waals surface area contributed by atoms with Crippen LogP contribution in [0.2, 0.25) is 0 Å². The second-order valence-electron chi connectivity index (χ2n) is 3.61. The van der Waals surface area contributed by atoms with Crippen molar-refractivity contribution < 1.29 is 4.79 Å². The van der Waals surface area contributed by atoms with E-state index in [1.807, 2.05) is 12.1 Å². The minimum Gasteiger partial charge on any atom is -0.316 e. The summed E-state index contributed by atoms with van der Waals surface area (Å²) in [7, 11) is 0. The van der Waals surface area contributed by atoms with Crippen molar-refractivity contribution in [1.29, 1.82) is 0 Å². The van der Waals surface area contributed by atoms with Crippen LogP contribution in [0.5, 0.6) is 0 Å². The molecule has 0 aliphatic rings. The van der Waals surface area contributed by atoms with E-state index in [0.717, 1.165) is 16.3 Å². The molecule has 0 saturated heterocycles. The zero-order chi connectivity index (χ0) is 13.7. The van der Waals surface area contributed by atoms with Crippen LogP contribution in [0, 0.1) is 6.92 Å². The smallest absolute Gasteiger partial charge is 0.230 e. The van der Waals surface area contributed by atoms with E-state index in [1.165, 1.54) is 11.3 Å². The molecule has 0 aliphatic carbocycles. The highest BCUT2D eigenvalue weighted by Gasteiger charge is 2.11. The standard InChI is InChI=1S/C11H10N6OS/c1-7-10(16-9(18)6-14-17-12)19-11(15-7)8-3-2-4-13-5-8/h2-5H,6H2,1H3,(H,16,18). The topological polar surface area (TPSA) is 104 Å². The number of hydrogen-bond acceptors (Lipinski definition) is 5. The van der Waals surface area contributed by atoms with Crippen molar-refractivity contribution >= 4 is 22.2 Å². The quantitative estimate of drug-likeness (QED) is 0.526. The van der Waals surface area contributed by atoms with E-state index in [2.05, 4.69) is 25.3 Å². The SMILES string of the molecule is Cc1nc(-c2cccnc2)sc1NC(=O)CN=[N+]=[N-]. The number of amides is 1. The van der Waals surface area contributed by atoms with E-state index < -0.39 is 0 Å². The number of aryl methyl sites for hydroxylation is 1. The van der Waals surface area contributed by atoms with E-state index in [4.69, 9.17) is 5.53 Å². The van der Waals surface area contributed by atoms with Gasteiger partial charge in [-0.05, 0) is 24.6 Å². The lowest BCUT2D eigenvalue weighted by Gasteiger charge is -1.98. The van der Waals surface area contributed by atoms with Crippen molar-refractivity contribution in [3.05, 3.63) is 40.7 Å². The van der Waals surface area contributed by atoms with Crippen molar-refractivity contribution in [2.24, 2.45) is 5.11 Å². The minimum absolute atomic E-state index is 0.226. The maximum atomic E-state index is 11.5. The summed E-state index contributed by atoms with van der Waals surface area (Å²) in [5.74, 6) is -0.359. The number of thiazole rings is 1. The lowest BCUT2D eigenvalue weighted by molar-refractivity contribution is -0.114. The van der Waals surface area contributed by atoms with Crippen molar-refractivity contribution in [3.63, 3.8) is 0 Å². The highest BCUT2D eigenvalue weighted by atomic mass is 32.1. The van der Waals surface area contributed by atoms with Crippen LogP contribution in [0.3, 0.4) is 0 Å². The zero-order valence-corrected chi connectivity index (χ0v) is 10.9. The van der Waals surface area contributed by atoms with Crippen LogP contribution in [0.15, 0.2) is 29.6 Å². The summed E-state index contributed by atoms with van der Waals surface area (Å²) in [6.07, 6.45) is 3.40. The molecule has 0 fully saturated rings. The van der Waals surface area contributed by atoms with Gasteiger partial charge in [-0.2, -0.15) is 0 Å². The first-order chi connectivity index (χ1) is 9.20. The molecule has 0 unspecified atom stereocenters. The molecule has 0 saturated carbocycles. The minimum atomic E-state index is -0.359. The molecule has 2 heterocycles. The van der Waals surface area contributed by atoms with E-state index >= 15 is 0 Å². The molecule has 0 aliphatic heterocycles. The van der Waals surface area contributed by atoms with Crippen LogP contribution < -0.4 is 5.32 Å². The van der Waals surface area contributed by atoms with Gasteiger partial charge in [0.2, 0.25) is 5.91 Å². The second kappa shape index (κ2) is 5.94. The molecule has 8 heteroatoms. The summed E-state index contributed by atoms with van der Waals surface area (Å²) in [6, 6.07) is 3.73. The molecule has 2 aromatic heterocycles. The Morgan fingerprint density at radius 3 is 3.16 bits per heavy atom. The lowest BCUT2D eigenvalue weighted by Crippen LogP contribution is -2.13. The van der Waals surface area contributed by atoms with Gasteiger partial charge in [0.05, 0.1) is 5.69 Å². The number of nitrogens with one attached hydrogen (secondary N) is 1. The molecule has 1 N–H and O–H groups in total. The van der Waals surface area contributed by atoms with Gasteiger partial charge < -0.3 is 5.32 Å². The average Bonchev–Trinajstić information content (AvgIpc) is 2.79. The summed E-state index contributed by atoms with van der Waals surface area (Å²) in [4.78, 5) is 22.4. The number of pyridine rings is 1. The molecule has 0 bridgehead atoms. The number of carbonyl (C=O) groups is 1. The second-order valence-corrected chi connectivity index (χ2v) is 4.61. The molecule has 2 rings (SSSR count). The monoisotopic (exact) mass is 274 g/mol. The van der Waals surface area contributed by atoms with Crippen LogP contribution in [0.1, 0.15) is 5.69 Å². The molecule has 0 aromatic carbocycles. The zero-order valence-electron chi connectivity index (χ0n) is 10.1. The molecule has 1 amide bonds. The third kappa shape index (κ3) is 3.27. The summed E-state index contributed by atoms with van der Waals surface area (Å²) >= 11 is 1.36. The van der Waals surface area contributed by atoms with Crippen LogP contribution in [-0.4, -0.2) is 22.4 Å². The fourth-order valence-electron chi connectivity index (χ4n) is 1.39. The highest BCUT2D eigenvalue weighted by molar-refractivity contribution is 7.19. The lowest BCUT2D eigenvalue weighted by atomic mass is 10.3. The first-order valence-corrected chi connectivity index (χ1v) is 6.21. The maximum Gasteiger partial charge on any atom is 0.230 e. The maximum absolute atomic E-state index is 11.5. The molecule has 7 nitrogen and oxygen atoms in total. The van der Waals surface area contributed by atoms with E-state index in [0.29, 0.717) is 5.00 Å². The highest BCUT2D eigenvalue weighted by Crippen LogP contribution is 2.31. The third-order valence-corrected chi connectivity index (χ3v) is 3.36. The summed E-state index contributed by atoms with van der Waals surface area (Å²) in [5, 5.41) is 7.30. The van der Waals surface area contributed by atoms with Crippen LogP contribution in [0.25, 0.3) is 21.0 Å². The van der Waals surface area contributed by atoms with Gasteiger partial charge in [0.15, 0.2) is 0 Å². The van der Waals surface area contributed by atoms with Gasteiger partial charge in [0.1, 0.15) is 16.6 Å². The Morgan fingerprint density at radius 1 is 1.63 bits per heavy atom. The Morgan fingerprint density at radius 2 is 2.47 bits per heavy atom. The van der Waals surface area contributed by atoms with Gasteiger partial charge in [-0.3, -0.25) is 9.78 Å².